The standard InChI is InChI=1S/C10H17N3OS/c1-4-9-6-13(5-7(2)14-9)10-11-8(3)12-15-10/h7,9H,4-6H2,1-3H3. The van der Waals surface area contributed by atoms with E-state index in [0.29, 0.717) is 6.10 Å². The quantitative estimate of drug-likeness (QED) is 0.773. The number of aryl methyl sites for hydroxylation is 1. The second-order valence-electron chi connectivity index (χ2n) is 4.01. The molecule has 0 spiro atoms. The Hall–Kier alpha value is -0.680. The van der Waals surface area contributed by atoms with E-state index in [4.69, 9.17) is 4.74 Å². The lowest BCUT2D eigenvalue weighted by Crippen LogP contribution is -2.46. The van der Waals surface area contributed by atoms with Crippen molar-refractivity contribution in [3.05, 3.63) is 5.82 Å². The summed E-state index contributed by atoms with van der Waals surface area (Å²) in [7, 11) is 0. The molecule has 1 saturated heterocycles. The topological polar surface area (TPSA) is 38.2 Å². The first-order valence-electron chi connectivity index (χ1n) is 5.39. The first kappa shape index (κ1) is 10.8. The van der Waals surface area contributed by atoms with E-state index < -0.39 is 0 Å². The molecule has 15 heavy (non-hydrogen) atoms. The molecule has 2 atom stereocenters. The minimum absolute atomic E-state index is 0.285. The van der Waals surface area contributed by atoms with Gasteiger partial charge in [-0.3, -0.25) is 0 Å². The molecule has 0 aromatic carbocycles. The summed E-state index contributed by atoms with van der Waals surface area (Å²) in [5, 5.41) is 1.03. The summed E-state index contributed by atoms with van der Waals surface area (Å²) in [6.45, 7) is 8.07. The maximum atomic E-state index is 5.81. The zero-order valence-electron chi connectivity index (χ0n) is 9.43. The monoisotopic (exact) mass is 227 g/mol. The largest absolute Gasteiger partial charge is 0.372 e. The predicted molar refractivity (Wildman–Crippen MR) is 61.5 cm³/mol. The molecule has 84 valence electrons. The zero-order valence-corrected chi connectivity index (χ0v) is 10.3. The number of aromatic nitrogens is 2. The molecule has 0 saturated carbocycles. The van der Waals surface area contributed by atoms with Gasteiger partial charge in [0.2, 0.25) is 5.13 Å². The molecule has 1 aliphatic heterocycles. The molecule has 1 fully saturated rings. The lowest BCUT2D eigenvalue weighted by atomic mass is 10.2. The third kappa shape index (κ3) is 2.46. The van der Waals surface area contributed by atoms with Crippen molar-refractivity contribution in [1.82, 2.24) is 9.36 Å². The molecule has 1 aromatic rings. The lowest BCUT2D eigenvalue weighted by Gasteiger charge is -2.36. The lowest BCUT2D eigenvalue weighted by molar-refractivity contribution is -0.0172. The molecule has 2 heterocycles. The van der Waals surface area contributed by atoms with Crippen LogP contribution >= 0.6 is 11.5 Å². The Kier molecular flexibility index (Phi) is 3.21. The van der Waals surface area contributed by atoms with E-state index in [2.05, 4.69) is 28.1 Å². The summed E-state index contributed by atoms with van der Waals surface area (Å²) in [6, 6.07) is 0. The molecule has 0 bridgehead atoms. The third-order valence-corrected chi connectivity index (χ3v) is 3.44. The van der Waals surface area contributed by atoms with Gasteiger partial charge in [-0.1, -0.05) is 6.92 Å². The molecular weight excluding hydrogens is 210 g/mol. The molecule has 2 unspecified atom stereocenters. The van der Waals surface area contributed by atoms with E-state index in [0.717, 1.165) is 30.5 Å². The Morgan fingerprint density at radius 1 is 1.53 bits per heavy atom. The Morgan fingerprint density at radius 2 is 2.33 bits per heavy atom. The van der Waals surface area contributed by atoms with E-state index >= 15 is 0 Å². The fourth-order valence-electron chi connectivity index (χ4n) is 1.84. The SMILES string of the molecule is CCC1CN(c2nc(C)ns2)CC(C)O1. The third-order valence-electron chi connectivity index (χ3n) is 2.57. The van der Waals surface area contributed by atoms with Gasteiger partial charge in [0, 0.05) is 24.6 Å². The highest BCUT2D eigenvalue weighted by Gasteiger charge is 2.25. The second kappa shape index (κ2) is 4.45. The van der Waals surface area contributed by atoms with Crippen molar-refractivity contribution in [2.24, 2.45) is 0 Å². The van der Waals surface area contributed by atoms with E-state index in [1.54, 1.807) is 0 Å². The predicted octanol–water partition coefficient (Wildman–Crippen LogP) is 1.85. The van der Waals surface area contributed by atoms with Crippen molar-refractivity contribution in [1.29, 1.82) is 0 Å². The summed E-state index contributed by atoms with van der Waals surface area (Å²) in [5.74, 6) is 0.863. The van der Waals surface area contributed by atoms with Crippen LogP contribution in [0.15, 0.2) is 0 Å². The summed E-state index contributed by atoms with van der Waals surface area (Å²) >= 11 is 1.48. The van der Waals surface area contributed by atoms with E-state index in [1.807, 2.05) is 6.92 Å². The maximum absolute atomic E-state index is 5.81. The maximum Gasteiger partial charge on any atom is 0.205 e. The average Bonchev–Trinajstić information content (AvgIpc) is 2.64. The van der Waals surface area contributed by atoms with Gasteiger partial charge in [-0.05, 0) is 20.3 Å². The molecule has 2 rings (SSSR count). The molecule has 0 radical (unpaired) electrons. The number of rotatable bonds is 2. The summed E-state index contributed by atoms with van der Waals surface area (Å²) < 4.78 is 10.0. The van der Waals surface area contributed by atoms with Crippen LogP contribution in [-0.2, 0) is 4.74 Å². The molecule has 4 nitrogen and oxygen atoms in total. The summed E-state index contributed by atoms with van der Waals surface area (Å²) in [6.07, 6.45) is 1.67. The van der Waals surface area contributed by atoms with Gasteiger partial charge in [-0.2, -0.15) is 4.37 Å². The number of ether oxygens (including phenoxy) is 1. The van der Waals surface area contributed by atoms with E-state index in [-0.39, 0.29) is 6.10 Å². The highest BCUT2D eigenvalue weighted by molar-refractivity contribution is 7.09. The van der Waals surface area contributed by atoms with Crippen LogP contribution in [0.2, 0.25) is 0 Å². The van der Waals surface area contributed by atoms with Crippen molar-refractivity contribution < 1.29 is 4.74 Å². The Bertz CT molecular complexity index is 328. The van der Waals surface area contributed by atoms with E-state index in [1.165, 1.54) is 11.5 Å². The fourth-order valence-corrected chi connectivity index (χ4v) is 2.53. The van der Waals surface area contributed by atoms with Crippen molar-refractivity contribution in [2.75, 3.05) is 18.0 Å². The van der Waals surface area contributed by atoms with Gasteiger partial charge in [0.1, 0.15) is 5.82 Å². The zero-order chi connectivity index (χ0) is 10.8. The smallest absolute Gasteiger partial charge is 0.205 e. The van der Waals surface area contributed by atoms with Crippen LogP contribution in [-0.4, -0.2) is 34.7 Å². The van der Waals surface area contributed by atoms with Crippen LogP contribution in [0.1, 0.15) is 26.1 Å². The molecule has 0 N–H and O–H groups in total. The Labute approximate surface area is 94.4 Å². The normalized spacial score (nSPS) is 27.0. The van der Waals surface area contributed by atoms with Gasteiger partial charge in [-0.15, -0.1) is 0 Å². The number of hydrogen-bond donors (Lipinski definition) is 0. The molecule has 1 aliphatic rings. The highest BCUT2D eigenvalue weighted by atomic mass is 32.1. The molecule has 5 heteroatoms. The van der Waals surface area contributed by atoms with E-state index in [9.17, 15) is 0 Å². The fraction of sp³-hybridized carbons (Fsp3) is 0.800. The first-order chi connectivity index (χ1) is 7.19. The Balaban J connectivity index is 2.08. The highest BCUT2D eigenvalue weighted by Crippen LogP contribution is 2.22. The van der Waals surface area contributed by atoms with Crippen molar-refractivity contribution in [2.45, 2.75) is 39.4 Å². The number of morpholine rings is 1. The van der Waals surface area contributed by atoms with Gasteiger partial charge in [0.05, 0.1) is 12.2 Å². The van der Waals surface area contributed by atoms with Gasteiger partial charge in [0.15, 0.2) is 0 Å². The van der Waals surface area contributed by atoms with Crippen LogP contribution < -0.4 is 4.90 Å². The average molecular weight is 227 g/mol. The summed E-state index contributed by atoms with van der Waals surface area (Å²) in [5.41, 5.74) is 0. The number of nitrogens with zero attached hydrogens (tertiary/aromatic N) is 3. The van der Waals surface area contributed by atoms with Gasteiger partial charge in [-0.25, -0.2) is 4.98 Å². The van der Waals surface area contributed by atoms with Crippen LogP contribution in [0.25, 0.3) is 0 Å². The van der Waals surface area contributed by atoms with Crippen molar-refractivity contribution in [3.8, 4) is 0 Å². The van der Waals surface area contributed by atoms with Crippen molar-refractivity contribution in [3.63, 3.8) is 0 Å². The minimum atomic E-state index is 0.285. The van der Waals surface area contributed by atoms with Crippen LogP contribution in [0.5, 0.6) is 0 Å². The number of anilines is 1. The van der Waals surface area contributed by atoms with Crippen LogP contribution in [0, 0.1) is 6.92 Å². The van der Waals surface area contributed by atoms with Crippen molar-refractivity contribution >= 4 is 16.7 Å². The second-order valence-corrected chi connectivity index (χ2v) is 4.74. The minimum Gasteiger partial charge on any atom is -0.372 e. The van der Waals surface area contributed by atoms with Gasteiger partial charge in [0.25, 0.3) is 0 Å². The van der Waals surface area contributed by atoms with Gasteiger partial charge < -0.3 is 9.64 Å². The molecule has 0 aliphatic carbocycles. The summed E-state index contributed by atoms with van der Waals surface area (Å²) in [4.78, 5) is 6.70. The van der Waals surface area contributed by atoms with Crippen LogP contribution in [0.3, 0.4) is 0 Å². The molecule has 1 aromatic heterocycles. The molecule has 0 amide bonds. The van der Waals surface area contributed by atoms with Gasteiger partial charge >= 0.3 is 0 Å². The number of hydrogen-bond acceptors (Lipinski definition) is 5. The molecular formula is C10H17N3OS. The first-order valence-corrected chi connectivity index (χ1v) is 6.17. The van der Waals surface area contributed by atoms with Crippen LogP contribution in [0.4, 0.5) is 5.13 Å². The Morgan fingerprint density at radius 3 is 2.93 bits per heavy atom.